The largest absolute Gasteiger partial charge is 0.497 e. The number of fused-ring (bicyclic) bond motifs is 1. The lowest BCUT2D eigenvalue weighted by Gasteiger charge is -2.12. The highest BCUT2D eigenvalue weighted by molar-refractivity contribution is 6.30. The normalized spacial score (nSPS) is 10.7. The third-order valence-corrected chi connectivity index (χ3v) is 3.87. The number of nitrogens with one attached hydrogen (secondary N) is 1. The van der Waals surface area contributed by atoms with E-state index in [1.54, 1.807) is 55.0 Å². The van der Waals surface area contributed by atoms with E-state index in [4.69, 9.17) is 21.1 Å². The second-order valence-corrected chi connectivity index (χ2v) is 5.58. The molecule has 0 saturated heterocycles. The van der Waals surface area contributed by atoms with Crippen LogP contribution in [0.5, 0.6) is 11.5 Å². The fourth-order valence-electron chi connectivity index (χ4n) is 2.49. The lowest BCUT2D eigenvalue weighted by Crippen LogP contribution is -2.16. The predicted octanol–water partition coefficient (Wildman–Crippen LogP) is 3.57. The van der Waals surface area contributed by atoms with E-state index in [-0.39, 0.29) is 5.91 Å². The van der Waals surface area contributed by atoms with E-state index >= 15 is 0 Å². The van der Waals surface area contributed by atoms with Crippen LogP contribution in [0.25, 0.3) is 5.65 Å². The molecule has 0 atom stereocenters. The van der Waals surface area contributed by atoms with Crippen LogP contribution in [-0.4, -0.2) is 29.5 Å². The minimum absolute atomic E-state index is 0.286. The minimum atomic E-state index is -0.286. The summed E-state index contributed by atoms with van der Waals surface area (Å²) in [4.78, 5) is 17.1. The van der Waals surface area contributed by atoms with Crippen molar-refractivity contribution in [2.75, 3.05) is 19.5 Å². The third-order valence-electron chi connectivity index (χ3n) is 3.63. The van der Waals surface area contributed by atoms with Crippen LogP contribution in [0, 0.1) is 6.92 Å². The summed E-state index contributed by atoms with van der Waals surface area (Å²) < 4.78 is 12.2. The Hall–Kier alpha value is -2.73. The summed E-state index contributed by atoms with van der Waals surface area (Å²) in [5.41, 5.74) is 2.22. The number of rotatable bonds is 4. The third kappa shape index (κ3) is 2.88. The highest BCUT2D eigenvalue weighted by atomic mass is 35.5. The van der Waals surface area contributed by atoms with E-state index in [1.165, 1.54) is 7.11 Å². The van der Waals surface area contributed by atoms with Crippen molar-refractivity contribution in [3.05, 3.63) is 52.9 Å². The van der Waals surface area contributed by atoms with Gasteiger partial charge in [-0.1, -0.05) is 11.6 Å². The number of aromatic nitrogens is 2. The SMILES string of the molecule is COc1ccc(NC(=O)c2c(C)nc3cc(Cl)ccn23)c(OC)c1. The van der Waals surface area contributed by atoms with Crippen molar-refractivity contribution >= 4 is 28.8 Å². The van der Waals surface area contributed by atoms with Gasteiger partial charge in [0.2, 0.25) is 0 Å². The summed E-state index contributed by atoms with van der Waals surface area (Å²) >= 11 is 5.98. The van der Waals surface area contributed by atoms with Crippen molar-refractivity contribution in [2.24, 2.45) is 0 Å². The molecule has 1 N–H and O–H groups in total. The molecule has 0 bridgehead atoms. The zero-order chi connectivity index (χ0) is 17.3. The molecule has 0 unspecified atom stereocenters. The van der Waals surface area contributed by atoms with Crippen molar-refractivity contribution in [1.82, 2.24) is 9.38 Å². The molecule has 0 spiro atoms. The molecule has 2 heterocycles. The van der Waals surface area contributed by atoms with Gasteiger partial charge >= 0.3 is 0 Å². The van der Waals surface area contributed by atoms with Gasteiger partial charge in [0.1, 0.15) is 22.8 Å². The maximum atomic E-state index is 12.7. The van der Waals surface area contributed by atoms with Crippen LogP contribution in [0.4, 0.5) is 5.69 Å². The summed E-state index contributed by atoms with van der Waals surface area (Å²) in [7, 11) is 3.10. The lowest BCUT2D eigenvalue weighted by molar-refractivity contribution is 0.102. The first-order valence-electron chi connectivity index (χ1n) is 7.21. The van der Waals surface area contributed by atoms with E-state index in [9.17, 15) is 4.79 Å². The molecule has 3 rings (SSSR count). The molecule has 0 radical (unpaired) electrons. The molecule has 24 heavy (non-hydrogen) atoms. The number of methoxy groups -OCH3 is 2. The van der Waals surface area contributed by atoms with Gasteiger partial charge in [0, 0.05) is 23.4 Å². The van der Waals surface area contributed by atoms with Gasteiger partial charge < -0.3 is 14.8 Å². The Bertz CT molecular complexity index is 921. The molecule has 3 aromatic rings. The molecule has 2 aromatic heterocycles. The van der Waals surface area contributed by atoms with Gasteiger partial charge in [-0.3, -0.25) is 9.20 Å². The first kappa shape index (κ1) is 16.1. The van der Waals surface area contributed by atoms with Gasteiger partial charge in [0.15, 0.2) is 0 Å². The summed E-state index contributed by atoms with van der Waals surface area (Å²) in [5.74, 6) is 0.869. The first-order chi connectivity index (χ1) is 11.5. The van der Waals surface area contributed by atoms with E-state index < -0.39 is 0 Å². The molecule has 1 aromatic carbocycles. The number of imidazole rings is 1. The summed E-state index contributed by atoms with van der Waals surface area (Å²) in [6.45, 7) is 1.78. The van der Waals surface area contributed by atoms with Crippen molar-refractivity contribution in [3.63, 3.8) is 0 Å². The second kappa shape index (κ2) is 6.41. The van der Waals surface area contributed by atoms with Crippen LogP contribution >= 0.6 is 11.6 Å². The Morgan fingerprint density at radius 3 is 2.71 bits per heavy atom. The number of nitrogens with zero attached hydrogens (tertiary/aromatic N) is 2. The van der Waals surface area contributed by atoms with Crippen LogP contribution in [0.1, 0.15) is 16.2 Å². The Kier molecular flexibility index (Phi) is 4.31. The Labute approximate surface area is 144 Å². The number of halogens is 1. The number of hydrogen-bond acceptors (Lipinski definition) is 4. The van der Waals surface area contributed by atoms with Crippen LogP contribution < -0.4 is 14.8 Å². The smallest absolute Gasteiger partial charge is 0.274 e. The molecule has 0 fully saturated rings. The van der Waals surface area contributed by atoms with Gasteiger partial charge in [-0.05, 0) is 25.1 Å². The number of carbonyl (C=O) groups is 1. The minimum Gasteiger partial charge on any atom is -0.497 e. The first-order valence-corrected chi connectivity index (χ1v) is 7.59. The van der Waals surface area contributed by atoms with Crippen molar-refractivity contribution in [3.8, 4) is 11.5 Å². The second-order valence-electron chi connectivity index (χ2n) is 5.14. The predicted molar refractivity (Wildman–Crippen MR) is 92.4 cm³/mol. The van der Waals surface area contributed by atoms with Crippen LogP contribution in [0.15, 0.2) is 36.5 Å². The van der Waals surface area contributed by atoms with Crippen LogP contribution in [0.2, 0.25) is 5.02 Å². The topological polar surface area (TPSA) is 64.9 Å². The molecule has 0 saturated carbocycles. The maximum absolute atomic E-state index is 12.7. The quantitative estimate of drug-likeness (QED) is 0.785. The highest BCUT2D eigenvalue weighted by Gasteiger charge is 2.18. The summed E-state index contributed by atoms with van der Waals surface area (Å²) in [5, 5.41) is 3.42. The van der Waals surface area contributed by atoms with E-state index in [0.717, 1.165) is 0 Å². The zero-order valence-corrected chi connectivity index (χ0v) is 14.2. The van der Waals surface area contributed by atoms with E-state index in [2.05, 4.69) is 10.3 Å². The lowest BCUT2D eigenvalue weighted by atomic mass is 10.2. The zero-order valence-electron chi connectivity index (χ0n) is 13.5. The number of hydrogen-bond donors (Lipinski definition) is 1. The van der Waals surface area contributed by atoms with Gasteiger partial charge in [-0.2, -0.15) is 0 Å². The molecule has 6 nitrogen and oxygen atoms in total. The number of carbonyl (C=O) groups excluding carboxylic acids is 1. The molecule has 1 amide bonds. The number of ether oxygens (including phenoxy) is 2. The Morgan fingerprint density at radius 2 is 2.00 bits per heavy atom. The molecule has 0 aliphatic heterocycles. The Morgan fingerprint density at radius 1 is 1.21 bits per heavy atom. The monoisotopic (exact) mass is 345 g/mol. The molecule has 7 heteroatoms. The number of anilines is 1. The maximum Gasteiger partial charge on any atom is 0.274 e. The van der Waals surface area contributed by atoms with Gasteiger partial charge in [0.05, 0.1) is 25.6 Å². The van der Waals surface area contributed by atoms with Gasteiger partial charge in [-0.15, -0.1) is 0 Å². The van der Waals surface area contributed by atoms with Crippen LogP contribution in [0.3, 0.4) is 0 Å². The fraction of sp³-hybridized carbons (Fsp3) is 0.176. The number of amides is 1. The fourth-order valence-corrected chi connectivity index (χ4v) is 2.65. The van der Waals surface area contributed by atoms with Gasteiger partial charge in [0.25, 0.3) is 5.91 Å². The van der Waals surface area contributed by atoms with E-state index in [0.29, 0.717) is 39.2 Å². The van der Waals surface area contributed by atoms with Crippen molar-refractivity contribution < 1.29 is 14.3 Å². The standard InChI is InChI=1S/C17H16ClN3O3/c1-10-16(21-7-6-11(18)8-15(21)19-10)17(22)20-13-5-4-12(23-2)9-14(13)24-3/h4-9H,1-3H3,(H,20,22). The molecular weight excluding hydrogens is 330 g/mol. The summed E-state index contributed by atoms with van der Waals surface area (Å²) in [6.07, 6.45) is 1.72. The van der Waals surface area contributed by atoms with Crippen molar-refractivity contribution in [1.29, 1.82) is 0 Å². The average molecular weight is 346 g/mol. The van der Waals surface area contributed by atoms with E-state index in [1.807, 2.05) is 0 Å². The van der Waals surface area contributed by atoms with Gasteiger partial charge in [-0.25, -0.2) is 4.98 Å². The summed E-state index contributed by atoms with van der Waals surface area (Å²) in [6, 6.07) is 8.60. The molecule has 124 valence electrons. The number of benzene rings is 1. The number of aryl methyl sites for hydroxylation is 1. The molecule has 0 aliphatic rings. The number of pyridine rings is 1. The molecular formula is C17H16ClN3O3. The van der Waals surface area contributed by atoms with Crippen LogP contribution in [-0.2, 0) is 0 Å². The Balaban J connectivity index is 1.97. The average Bonchev–Trinajstić information content (AvgIpc) is 2.89. The molecule has 0 aliphatic carbocycles. The van der Waals surface area contributed by atoms with Crippen molar-refractivity contribution in [2.45, 2.75) is 6.92 Å². The highest BCUT2D eigenvalue weighted by Crippen LogP contribution is 2.29.